The molecule has 1 atom stereocenters. The molecule has 0 saturated carbocycles. The van der Waals surface area contributed by atoms with Gasteiger partial charge in [0.05, 0.1) is 6.54 Å². The van der Waals surface area contributed by atoms with Crippen LogP contribution in [-0.4, -0.2) is 40.8 Å². The predicted octanol–water partition coefficient (Wildman–Crippen LogP) is 1.84. The smallest absolute Gasteiger partial charge is 0.230 e. The van der Waals surface area contributed by atoms with Crippen LogP contribution >= 0.6 is 0 Å². The molecule has 1 aromatic heterocycles. The first-order chi connectivity index (χ1) is 9.17. The van der Waals surface area contributed by atoms with Crippen molar-refractivity contribution in [1.82, 2.24) is 20.4 Å². The maximum atomic E-state index is 5.59. The Bertz CT molecular complexity index is 377. The third kappa shape index (κ3) is 4.58. The normalized spacial score (nSPS) is 21.2. The lowest BCUT2D eigenvalue weighted by Crippen LogP contribution is -2.40. The van der Waals surface area contributed by atoms with Gasteiger partial charge in [0, 0.05) is 19.0 Å². The molecule has 0 radical (unpaired) electrons. The Morgan fingerprint density at radius 1 is 1.37 bits per heavy atom. The minimum Gasteiger partial charge on any atom is -0.424 e. The summed E-state index contributed by atoms with van der Waals surface area (Å²) in [5.41, 5.74) is 0. The van der Waals surface area contributed by atoms with Gasteiger partial charge in [-0.25, -0.2) is 0 Å². The maximum Gasteiger partial charge on any atom is 0.230 e. The number of likely N-dealkylation sites (tertiary alicyclic amines) is 1. The highest BCUT2D eigenvalue weighted by molar-refractivity contribution is 4.84. The van der Waals surface area contributed by atoms with E-state index in [1.54, 1.807) is 0 Å². The average molecular weight is 266 g/mol. The highest BCUT2D eigenvalue weighted by Crippen LogP contribution is 2.18. The summed E-state index contributed by atoms with van der Waals surface area (Å²) in [5, 5.41) is 11.7. The molecule has 0 aliphatic carbocycles. The van der Waals surface area contributed by atoms with Crippen LogP contribution in [0.3, 0.4) is 0 Å². The van der Waals surface area contributed by atoms with Crippen molar-refractivity contribution in [3.05, 3.63) is 11.8 Å². The maximum absolute atomic E-state index is 5.59. The molecule has 1 aliphatic heterocycles. The van der Waals surface area contributed by atoms with Gasteiger partial charge in [-0.2, -0.15) is 0 Å². The quantitative estimate of drug-likeness (QED) is 0.851. The molecule has 1 saturated heterocycles. The number of rotatable bonds is 6. The van der Waals surface area contributed by atoms with Crippen molar-refractivity contribution in [2.24, 2.45) is 5.92 Å². The molecule has 0 bridgehead atoms. The van der Waals surface area contributed by atoms with Crippen molar-refractivity contribution in [3.63, 3.8) is 0 Å². The molecule has 5 heteroatoms. The van der Waals surface area contributed by atoms with E-state index in [0.29, 0.717) is 6.04 Å². The Morgan fingerprint density at radius 2 is 2.16 bits per heavy atom. The number of aryl methyl sites for hydroxylation is 1. The number of hydrogen-bond donors (Lipinski definition) is 1. The first-order valence-corrected chi connectivity index (χ1v) is 7.44. The van der Waals surface area contributed by atoms with Gasteiger partial charge in [0.2, 0.25) is 11.8 Å². The largest absolute Gasteiger partial charge is 0.424 e. The van der Waals surface area contributed by atoms with Crippen LogP contribution in [0, 0.1) is 5.92 Å². The first-order valence-electron chi connectivity index (χ1n) is 7.44. The zero-order valence-electron chi connectivity index (χ0n) is 12.4. The number of aromatic nitrogens is 2. The van der Waals surface area contributed by atoms with E-state index in [0.717, 1.165) is 50.3 Å². The fourth-order valence-electron chi connectivity index (χ4n) is 2.55. The Morgan fingerprint density at radius 3 is 2.84 bits per heavy atom. The molecule has 5 nitrogen and oxygen atoms in total. The number of nitrogens with zero attached hydrogens (tertiary/aromatic N) is 3. The van der Waals surface area contributed by atoms with Crippen LogP contribution in [0.2, 0.25) is 0 Å². The summed E-state index contributed by atoms with van der Waals surface area (Å²) >= 11 is 0. The van der Waals surface area contributed by atoms with E-state index in [-0.39, 0.29) is 0 Å². The van der Waals surface area contributed by atoms with Gasteiger partial charge in [0.15, 0.2) is 0 Å². The average Bonchev–Trinajstić information content (AvgIpc) is 2.84. The van der Waals surface area contributed by atoms with Gasteiger partial charge in [-0.15, -0.1) is 10.2 Å². The van der Waals surface area contributed by atoms with Gasteiger partial charge in [0.25, 0.3) is 0 Å². The Labute approximate surface area is 115 Å². The van der Waals surface area contributed by atoms with Gasteiger partial charge in [0.1, 0.15) is 0 Å². The molecule has 108 valence electrons. The minimum atomic E-state index is 0.568. The van der Waals surface area contributed by atoms with E-state index >= 15 is 0 Å². The zero-order valence-corrected chi connectivity index (χ0v) is 12.4. The lowest BCUT2D eigenvalue weighted by Gasteiger charge is -2.32. The summed E-state index contributed by atoms with van der Waals surface area (Å²) in [5.74, 6) is 2.24. The highest BCUT2D eigenvalue weighted by atomic mass is 16.4. The fraction of sp³-hybridized carbons (Fsp3) is 0.857. The second kappa shape index (κ2) is 7.01. The summed E-state index contributed by atoms with van der Waals surface area (Å²) in [6, 6.07) is 0.568. The van der Waals surface area contributed by atoms with Crippen molar-refractivity contribution < 1.29 is 4.42 Å². The molecular formula is C14H26N4O. The molecule has 0 aromatic carbocycles. The number of nitrogens with one attached hydrogen (secondary N) is 1. The lowest BCUT2D eigenvalue weighted by molar-refractivity contribution is 0.151. The van der Waals surface area contributed by atoms with E-state index in [9.17, 15) is 0 Å². The second-order valence-electron chi connectivity index (χ2n) is 5.75. The minimum absolute atomic E-state index is 0.568. The fourth-order valence-corrected chi connectivity index (χ4v) is 2.55. The standard InChI is InChI=1S/C14H26N4O/c1-4-13-16-17-14(19-13)10-18-7-5-6-12(9-18)8-15-11(2)3/h11-12,15H,4-10H2,1-3H3. The number of piperidine rings is 1. The molecule has 0 amide bonds. The van der Waals surface area contributed by atoms with Crippen LogP contribution in [0.15, 0.2) is 4.42 Å². The Kier molecular flexibility index (Phi) is 5.34. The topological polar surface area (TPSA) is 54.2 Å². The van der Waals surface area contributed by atoms with E-state index < -0.39 is 0 Å². The van der Waals surface area contributed by atoms with Gasteiger partial charge in [-0.05, 0) is 31.8 Å². The summed E-state index contributed by atoms with van der Waals surface area (Å²) < 4.78 is 5.59. The Balaban J connectivity index is 1.80. The molecule has 2 rings (SSSR count). The van der Waals surface area contributed by atoms with Gasteiger partial charge < -0.3 is 9.73 Å². The summed E-state index contributed by atoms with van der Waals surface area (Å²) in [4.78, 5) is 2.43. The van der Waals surface area contributed by atoms with Gasteiger partial charge in [-0.1, -0.05) is 20.8 Å². The molecule has 2 heterocycles. The van der Waals surface area contributed by atoms with E-state index in [1.165, 1.54) is 12.8 Å². The van der Waals surface area contributed by atoms with Crippen molar-refractivity contribution in [2.45, 2.75) is 52.6 Å². The van der Waals surface area contributed by atoms with Crippen LogP contribution in [0.5, 0.6) is 0 Å². The molecule has 0 spiro atoms. The van der Waals surface area contributed by atoms with Gasteiger partial charge in [-0.3, -0.25) is 4.90 Å². The van der Waals surface area contributed by atoms with E-state index in [4.69, 9.17) is 4.42 Å². The highest BCUT2D eigenvalue weighted by Gasteiger charge is 2.21. The predicted molar refractivity (Wildman–Crippen MR) is 74.8 cm³/mol. The summed E-state index contributed by atoms with van der Waals surface area (Å²) in [6.45, 7) is 10.6. The van der Waals surface area contributed by atoms with Gasteiger partial charge >= 0.3 is 0 Å². The molecular weight excluding hydrogens is 240 g/mol. The first kappa shape index (κ1) is 14.5. The van der Waals surface area contributed by atoms with Crippen LogP contribution in [0.4, 0.5) is 0 Å². The van der Waals surface area contributed by atoms with Crippen molar-refractivity contribution in [3.8, 4) is 0 Å². The molecule has 1 aliphatic rings. The molecule has 1 N–H and O–H groups in total. The lowest BCUT2D eigenvalue weighted by atomic mass is 9.98. The second-order valence-corrected chi connectivity index (χ2v) is 5.75. The third-order valence-corrected chi connectivity index (χ3v) is 3.59. The van der Waals surface area contributed by atoms with Crippen LogP contribution in [-0.2, 0) is 13.0 Å². The molecule has 1 fully saturated rings. The van der Waals surface area contributed by atoms with Crippen LogP contribution in [0.1, 0.15) is 45.4 Å². The van der Waals surface area contributed by atoms with Crippen molar-refractivity contribution in [1.29, 1.82) is 0 Å². The van der Waals surface area contributed by atoms with Crippen LogP contribution in [0.25, 0.3) is 0 Å². The SMILES string of the molecule is CCc1nnc(CN2CCCC(CNC(C)C)C2)o1. The number of hydrogen-bond acceptors (Lipinski definition) is 5. The Hall–Kier alpha value is -0.940. The molecule has 1 aromatic rings. The summed E-state index contributed by atoms with van der Waals surface area (Å²) in [7, 11) is 0. The van der Waals surface area contributed by atoms with Crippen molar-refractivity contribution in [2.75, 3.05) is 19.6 Å². The van der Waals surface area contributed by atoms with E-state index in [2.05, 4.69) is 34.3 Å². The molecule has 19 heavy (non-hydrogen) atoms. The van der Waals surface area contributed by atoms with Crippen LogP contribution < -0.4 is 5.32 Å². The third-order valence-electron chi connectivity index (χ3n) is 3.59. The van der Waals surface area contributed by atoms with E-state index in [1.807, 2.05) is 6.92 Å². The monoisotopic (exact) mass is 266 g/mol. The molecule has 1 unspecified atom stereocenters. The zero-order chi connectivity index (χ0) is 13.7. The van der Waals surface area contributed by atoms with Crippen molar-refractivity contribution >= 4 is 0 Å². The summed E-state index contributed by atoms with van der Waals surface area (Å²) in [6.07, 6.45) is 3.40.